The molecule has 6 nitrogen and oxygen atoms in total. The molecule has 2 atom stereocenters. The molecule has 2 fully saturated rings. The highest BCUT2D eigenvalue weighted by molar-refractivity contribution is 5.94. The molecule has 1 aromatic heterocycles. The van der Waals surface area contributed by atoms with E-state index in [1.807, 2.05) is 18.7 Å². The minimum Gasteiger partial charge on any atom is -0.371 e. The molecule has 1 aromatic rings. The monoisotopic (exact) mass is 305 g/mol. The van der Waals surface area contributed by atoms with Gasteiger partial charge in [-0.25, -0.2) is 0 Å². The third-order valence-electron chi connectivity index (χ3n) is 5.12. The molecular formula is C16H23N3O3. The average molecular weight is 305 g/mol. The summed E-state index contributed by atoms with van der Waals surface area (Å²) >= 11 is 0. The first-order chi connectivity index (χ1) is 10.6. The molecule has 0 aliphatic carbocycles. The van der Waals surface area contributed by atoms with E-state index >= 15 is 0 Å². The number of H-pyrrole nitrogens is 1. The van der Waals surface area contributed by atoms with Crippen LogP contribution < -0.4 is 0 Å². The Bertz CT molecular complexity index is 583. The summed E-state index contributed by atoms with van der Waals surface area (Å²) in [6.07, 6.45) is 4.24. The number of nitrogens with one attached hydrogen (secondary N) is 1. The van der Waals surface area contributed by atoms with Crippen LogP contribution >= 0.6 is 0 Å². The molecule has 0 bridgehead atoms. The summed E-state index contributed by atoms with van der Waals surface area (Å²) in [6, 6.07) is 0. The number of fused-ring (bicyclic) bond motifs is 1. The highest BCUT2D eigenvalue weighted by Crippen LogP contribution is 2.36. The Kier molecular flexibility index (Phi) is 3.27. The van der Waals surface area contributed by atoms with Crippen LogP contribution in [0.1, 0.15) is 61.0 Å². The number of carbonyl (C=O) groups is 1. The zero-order chi connectivity index (χ0) is 15.3. The van der Waals surface area contributed by atoms with Gasteiger partial charge in [0.15, 0.2) is 5.69 Å². The predicted octanol–water partition coefficient (Wildman–Crippen LogP) is 1.83. The van der Waals surface area contributed by atoms with Gasteiger partial charge in [0.25, 0.3) is 5.91 Å². The van der Waals surface area contributed by atoms with Gasteiger partial charge < -0.3 is 14.4 Å². The maximum atomic E-state index is 12.7. The Morgan fingerprint density at radius 3 is 2.91 bits per heavy atom. The maximum Gasteiger partial charge on any atom is 0.274 e. The number of aromatic amines is 1. The largest absolute Gasteiger partial charge is 0.371 e. The molecule has 3 aliphatic rings. The van der Waals surface area contributed by atoms with Crippen molar-refractivity contribution >= 4 is 5.91 Å². The van der Waals surface area contributed by atoms with Crippen molar-refractivity contribution in [2.45, 2.75) is 57.3 Å². The molecule has 0 saturated carbocycles. The zero-order valence-electron chi connectivity index (χ0n) is 13.2. The predicted molar refractivity (Wildman–Crippen MR) is 79.7 cm³/mol. The van der Waals surface area contributed by atoms with Crippen molar-refractivity contribution in [3.05, 3.63) is 17.0 Å². The fourth-order valence-corrected chi connectivity index (χ4v) is 3.95. The van der Waals surface area contributed by atoms with Crippen molar-refractivity contribution < 1.29 is 14.3 Å². The van der Waals surface area contributed by atoms with Crippen molar-refractivity contribution in [2.24, 2.45) is 0 Å². The highest BCUT2D eigenvalue weighted by atomic mass is 16.5. The molecule has 1 spiro atoms. The number of ether oxygens (including phenoxy) is 2. The van der Waals surface area contributed by atoms with Crippen LogP contribution in [0, 0.1) is 0 Å². The van der Waals surface area contributed by atoms with Crippen molar-refractivity contribution in [2.75, 3.05) is 19.7 Å². The lowest BCUT2D eigenvalue weighted by molar-refractivity contribution is -0.152. The molecule has 0 unspecified atom stereocenters. The Morgan fingerprint density at radius 1 is 1.36 bits per heavy atom. The van der Waals surface area contributed by atoms with Crippen LogP contribution in [-0.4, -0.2) is 52.4 Å². The molecule has 120 valence electrons. The maximum absolute atomic E-state index is 12.7. The number of amides is 1. The third-order valence-corrected chi connectivity index (χ3v) is 5.12. The first kappa shape index (κ1) is 14.2. The molecule has 6 heteroatoms. The second-order valence-electron chi connectivity index (χ2n) is 6.91. The second kappa shape index (κ2) is 5.06. The summed E-state index contributed by atoms with van der Waals surface area (Å²) in [4.78, 5) is 14.6. The summed E-state index contributed by atoms with van der Waals surface area (Å²) < 4.78 is 11.7. The first-order valence-electron chi connectivity index (χ1n) is 8.24. The lowest BCUT2D eigenvalue weighted by Crippen LogP contribution is -2.65. The standard InChI is InChI=1S/C16H23N3O3/c1-10-7-12-13(11(2)22-10)17-18-14(12)15(20)19-8-16(9-19)5-3-4-6-21-16/h10-11H,3-9H2,1-2H3,(H,17,18)/t10-,11+/m1/s1. The lowest BCUT2D eigenvalue weighted by Gasteiger charge is -2.51. The number of hydrogen-bond acceptors (Lipinski definition) is 4. The van der Waals surface area contributed by atoms with Crippen LogP contribution in [-0.2, 0) is 15.9 Å². The molecule has 22 heavy (non-hydrogen) atoms. The molecule has 4 rings (SSSR count). The van der Waals surface area contributed by atoms with E-state index in [-0.39, 0.29) is 23.7 Å². The Hall–Kier alpha value is -1.40. The van der Waals surface area contributed by atoms with Gasteiger partial charge in [0.05, 0.1) is 31.0 Å². The Labute approximate surface area is 130 Å². The van der Waals surface area contributed by atoms with Crippen LogP contribution in [0.15, 0.2) is 0 Å². The van der Waals surface area contributed by atoms with Crippen molar-refractivity contribution in [3.63, 3.8) is 0 Å². The van der Waals surface area contributed by atoms with Gasteiger partial charge >= 0.3 is 0 Å². The highest BCUT2D eigenvalue weighted by Gasteiger charge is 2.48. The molecule has 1 amide bonds. The van der Waals surface area contributed by atoms with E-state index in [1.54, 1.807) is 0 Å². The summed E-state index contributed by atoms with van der Waals surface area (Å²) in [5.74, 6) is 0.0265. The van der Waals surface area contributed by atoms with E-state index in [0.29, 0.717) is 18.8 Å². The number of aromatic nitrogens is 2. The van der Waals surface area contributed by atoms with Crippen LogP contribution in [0.3, 0.4) is 0 Å². The molecule has 4 heterocycles. The number of likely N-dealkylation sites (tertiary alicyclic amines) is 1. The molecule has 0 radical (unpaired) electrons. The number of carbonyl (C=O) groups excluding carboxylic acids is 1. The van der Waals surface area contributed by atoms with Gasteiger partial charge in [-0.05, 0) is 33.1 Å². The average Bonchev–Trinajstić information content (AvgIpc) is 2.89. The molecular weight excluding hydrogens is 282 g/mol. The SMILES string of the molecule is C[C@@H]1Cc2c(C(=O)N3CC4(CCCCO4)C3)n[nH]c2[C@H](C)O1. The smallest absolute Gasteiger partial charge is 0.274 e. The van der Waals surface area contributed by atoms with Gasteiger partial charge in [0, 0.05) is 18.6 Å². The molecule has 0 aromatic carbocycles. The fraction of sp³-hybridized carbons (Fsp3) is 0.750. The van der Waals surface area contributed by atoms with Crippen LogP contribution in [0.4, 0.5) is 0 Å². The summed E-state index contributed by atoms with van der Waals surface area (Å²) in [7, 11) is 0. The Balaban J connectivity index is 1.51. The topological polar surface area (TPSA) is 67.5 Å². The van der Waals surface area contributed by atoms with Crippen LogP contribution in [0.5, 0.6) is 0 Å². The molecule has 1 N–H and O–H groups in total. The molecule has 2 saturated heterocycles. The first-order valence-corrected chi connectivity index (χ1v) is 8.24. The van der Waals surface area contributed by atoms with Crippen LogP contribution in [0.25, 0.3) is 0 Å². The van der Waals surface area contributed by atoms with E-state index in [9.17, 15) is 4.79 Å². The van der Waals surface area contributed by atoms with E-state index in [0.717, 1.165) is 37.1 Å². The zero-order valence-corrected chi connectivity index (χ0v) is 13.2. The van der Waals surface area contributed by atoms with E-state index in [1.165, 1.54) is 6.42 Å². The number of hydrogen-bond donors (Lipinski definition) is 1. The van der Waals surface area contributed by atoms with E-state index < -0.39 is 0 Å². The van der Waals surface area contributed by atoms with Gasteiger partial charge in [0.1, 0.15) is 5.60 Å². The van der Waals surface area contributed by atoms with Crippen molar-refractivity contribution in [1.82, 2.24) is 15.1 Å². The van der Waals surface area contributed by atoms with E-state index in [2.05, 4.69) is 10.2 Å². The van der Waals surface area contributed by atoms with Gasteiger partial charge in [-0.1, -0.05) is 0 Å². The summed E-state index contributed by atoms with van der Waals surface area (Å²) in [5.41, 5.74) is 2.48. The minimum atomic E-state index is -0.0754. The number of nitrogens with zero attached hydrogens (tertiary/aromatic N) is 2. The van der Waals surface area contributed by atoms with Crippen LogP contribution in [0.2, 0.25) is 0 Å². The quantitative estimate of drug-likeness (QED) is 0.859. The fourth-order valence-electron chi connectivity index (χ4n) is 3.95. The lowest BCUT2D eigenvalue weighted by atomic mass is 9.85. The normalized spacial score (nSPS) is 30.0. The minimum absolute atomic E-state index is 0.0265. The summed E-state index contributed by atoms with van der Waals surface area (Å²) in [6.45, 7) is 6.26. The van der Waals surface area contributed by atoms with Gasteiger partial charge in [0.2, 0.25) is 0 Å². The second-order valence-corrected chi connectivity index (χ2v) is 6.91. The Morgan fingerprint density at radius 2 is 2.18 bits per heavy atom. The third kappa shape index (κ3) is 2.16. The number of rotatable bonds is 1. The summed E-state index contributed by atoms with van der Waals surface area (Å²) in [5, 5.41) is 7.28. The van der Waals surface area contributed by atoms with Crippen molar-refractivity contribution in [3.8, 4) is 0 Å². The van der Waals surface area contributed by atoms with Gasteiger partial charge in [-0.2, -0.15) is 5.10 Å². The van der Waals surface area contributed by atoms with Gasteiger partial charge in [-0.15, -0.1) is 0 Å². The van der Waals surface area contributed by atoms with Crippen molar-refractivity contribution in [1.29, 1.82) is 0 Å². The van der Waals surface area contributed by atoms with E-state index in [4.69, 9.17) is 9.47 Å². The molecule has 3 aliphatic heterocycles. The van der Waals surface area contributed by atoms with Gasteiger partial charge in [-0.3, -0.25) is 9.89 Å².